The summed E-state index contributed by atoms with van der Waals surface area (Å²) in [4.78, 5) is 4.13. The van der Waals surface area contributed by atoms with E-state index in [-0.39, 0.29) is 21.6 Å². The van der Waals surface area contributed by atoms with Gasteiger partial charge in [0.1, 0.15) is 0 Å². The maximum atomic E-state index is 4.25. The van der Waals surface area contributed by atoms with Crippen LogP contribution >= 0.6 is 11.3 Å². The molecule has 0 atom stereocenters. The lowest BCUT2D eigenvalue weighted by Gasteiger charge is -2.20. The lowest BCUT2D eigenvalue weighted by Crippen LogP contribution is -3.00. The summed E-state index contributed by atoms with van der Waals surface area (Å²) in [6.45, 7) is 4.02. The molecule has 0 radical (unpaired) electrons. The lowest BCUT2D eigenvalue weighted by molar-refractivity contribution is -0.00000502. The molecule has 0 aliphatic carbocycles. The van der Waals surface area contributed by atoms with E-state index in [0.717, 1.165) is 22.1 Å². The molecule has 0 bridgehead atoms. The zero-order valence-electron chi connectivity index (χ0n) is 14.0. The predicted molar refractivity (Wildman–Crippen MR) is 99.3 cm³/mol. The second kappa shape index (κ2) is 8.75. The van der Waals surface area contributed by atoms with Gasteiger partial charge in [0, 0.05) is 40.6 Å². The first-order valence-electron chi connectivity index (χ1n) is 7.56. The van der Waals surface area contributed by atoms with Crippen molar-refractivity contribution in [2.24, 2.45) is 15.5 Å². The Hall–Kier alpha value is -2.22. The quantitative estimate of drug-likeness (QED) is 0.592. The number of halogens is 1. The first-order chi connectivity index (χ1) is 11.7. The van der Waals surface area contributed by atoms with Crippen LogP contribution in [0.15, 0.2) is 81.6 Å². The highest BCUT2D eigenvalue weighted by Gasteiger charge is 2.36. The number of aromatic nitrogens is 1. The molecule has 1 aromatic heterocycles. The average molecular weight is 416 g/mol. The number of hydrogen-bond donors (Lipinski definition) is 0. The normalized spacial score (nSPS) is 13.7. The topological polar surface area (TPSA) is 50.0 Å². The molecular formula is C18H18BrN5S. The van der Waals surface area contributed by atoms with E-state index in [9.17, 15) is 0 Å². The number of aryl methyl sites for hydroxylation is 2. The minimum atomic E-state index is 0. The summed E-state index contributed by atoms with van der Waals surface area (Å²) < 4.78 is 0.196. The number of hydrogen-bond acceptors (Lipinski definition) is 5. The monoisotopic (exact) mass is 415 g/mol. The number of benzene rings is 2. The van der Waals surface area contributed by atoms with Crippen LogP contribution in [0.25, 0.3) is 0 Å². The smallest absolute Gasteiger partial charge is 0.250 e. The van der Waals surface area contributed by atoms with Gasteiger partial charge in [-0.1, -0.05) is 46.1 Å². The Morgan fingerprint density at radius 1 is 0.840 bits per heavy atom. The highest BCUT2D eigenvalue weighted by molar-refractivity contribution is 7.09. The van der Waals surface area contributed by atoms with E-state index in [1.807, 2.05) is 74.5 Å². The van der Waals surface area contributed by atoms with E-state index >= 15 is 0 Å². The van der Waals surface area contributed by atoms with Gasteiger partial charge in [-0.05, 0) is 13.8 Å². The van der Waals surface area contributed by atoms with E-state index in [4.69, 9.17) is 0 Å². The highest BCUT2D eigenvalue weighted by Crippen LogP contribution is 2.35. The summed E-state index contributed by atoms with van der Waals surface area (Å²) in [6.07, 6.45) is 1.73. The summed E-state index contributed by atoms with van der Waals surface area (Å²) in [7, 11) is 0. The molecule has 0 amide bonds. The fourth-order valence-corrected chi connectivity index (χ4v) is 2.97. The van der Waals surface area contributed by atoms with Crippen molar-refractivity contribution in [3.63, 3.8) is 0 Å². The van der Waals surface area contributed by atoms with Gasteiger partial charge in [-0.3, -0.25) is 0 Å². The Bertz CT molecular complexity index is 776. The minimum Gasteiger partial charge on any atom is -1.00 e. The van der Waals surface area contributed by atoms with Gasteiger partial charge in [0.15, 0.2) is 11.4 Å². The number of thiazole rings is 1. The molecule has 0 N–H and O–H groups in total. The predicted octanol–water partition coefficient (Wildman–Crippen LogP) is 2.41. The average Bonchev–Trinajstić information content (AvgIpc) is 3.27. The SMILES string of the molecule is C1=NN=N[N+]1(c1ccccc1)c1ccccc1.Cc1csc(C)n1.[Br-]. The third kappa shape index (κ3) is 4.45. The largest absolute Gasteiger partial charge is 1.00 e. The van der Waals surface area contributed by atoms with Crippen LogP contribution in [0.2, 0.25) is 0 Å². The van der Waals surface area contributed by atoms with E-state index in [0.29, 0.717) is 0 Å². The zero-order chi connectivity index (χ0) is 16.8. The van der Waals surface area contributed by atoms with Gasteiger partial charge in [-0.15, -0.1) is 11.3 Å². The van der Waals surface area contributed by atoms with Crippen LogP contribution in [0.4, 0.5) is 11.4 Å². The fourth-order valence-electron chi connectivity index (χ4n) is 2.37. The van der Waals surface area contributed by atoms with E-state index in [1.54, 1.807) is 17.7 Å². The van der Waals surface area contributed by atoms with Gasteiger partial charge in [0.2, 0.25) is 6.34 Å². The third-order valence-electron chi connectivity index (χ3n) is 3.48. The van der Waals surface area contributed by atoms with E-state index in [1.165, 1.54) is 0 Å². The van der Waals surface area contributed by atoms with Crippen LogP contribution in [-0.4, -0.2) is 11.3 Å². The van der Waals surface area contributed by atoms with Crippen molar-refractivity contribution in [2.45, 2.75) is 13.8 Å². The molecule has 7 heteroatoms. The van der Waals surface area contributed by atoms with Crippen molar-refractivity contribution in [1.82, 2.24) is 9.58 Å². The Morgan fingerprint density at radius 3 is 1.72 bits per heavy atom. The molecule has 128 valence electrons. The second-order valence-electron chi connectivity index (χ2n) is 5.27. The molecule has 0 saturated heterocycles. The Kier molecular flexibility index (Phi) is 6.69. The van der Waals surface area contributed by atoms with E-state index in [2.05, 4.69) is 25.9 Å². The molecule has 5 nitrogen and oxygen atoms in total. The summed E-state index contributed by atoms with van der Waals surface area (Å²) in [6, 6.07) is 20.0. The number of rotatable bonds is 2. The van der Waals surface area contributed by atoms with Crippen LogP contribution in [0.1, 0.15) is 10.7 Å². The van der Waals surface area contributed by atoms with Gasteiger partial charge in [-0.25, -0.2) is 4.98 Å². The zero-order valence-corrected chi connectivity index (χ0v) is 16.4. The summed E-state index contributed by atoms with van der Waals surface area (Å²) >= 11 is 1.69. The second-order valence-corrected chi connectivity index (χ2v) is 6.34. The molecule has 2 heterocycles. The minimum absolute atomic E-state index is 0. The van der Waals surface area contributed by atoms with Gasteiger partial charge >= 0.3 is 0 Å². The van der Waals surface area contributed by atoms with Crippen LogP contribution in [0.3, 0.4) is 0 Å². The molecule has 0 fully saturated rings. The molecule has 0 unspecified atom stereocenters. The molecule has 1 aliphatic rings. The molecular weight excluding hydrogens is 398 g/mol. The molecule has 2 aromatic carbocycles. The van der Waals surface area contributed by atoms with E-state index < -0.39 is 0 Å². The Balaban J connectivity index is 0.000000240. The number of para-hydroxylation sites is 2. The van der Waals surface area contributed by atoms with Crippen LogP contribution in [0.5, 0.6) is 0 Å². The maximum absolute atomic E-state index is 4.25. The molecule has 25 heavy (non-hydrogen) atoms. The van der Waals surface area contributed by atoms with Gasteiger partial charge < -0.3 is 17.0 Å². The van der Waals surface area contributed by atoms with Crippen molar-refractivity contribution < 1.29 is 17.0 Å². The molecule has 4 rings (SSSR count). The molecule has 0 spiro atoms. The molecule has 3 aromatic rings. The maximum Gasteiger partial charge on any atom is 0.250 e. The van der Waals surface area contributed by atoms with Crippen molar-refractivity contribution in [3.8, 4) is 0 Å². The summed E-state index contributed by atoms with van der Waals surface area (Å²) in [5.74, 6) is 0. The van der Waals surface area contributed by atoms with Crippen LogP contribution in [-0.2, 0) is 0 Å². The molecule has 1 aliphatic heterocycles. The third-order valence-corrected chi connectivity index (χ3v) is 4.38. The van der Waals surface area contributed by atoms with Crippen molar-refractivity contribution in [2.75, 3.05) is 0 Å². The van der Waals surface area contributed by atoms with Crippen molar-refractivity contribution in [1.29, 1.82) is 0 Å². The summed E-state index contributed by atoms with van der Waals surface area (Å²) in [5.41, 5.74) is 3.16. The van der Waals surface area contributed by atoms with Crippen molar-refractivity contribution >= 4 is 29.1 Å². The standard InChI is InChI=1S/C13H11N4.C5H7NS.BrH/c1-3-7-12(8-4-1)17(11-14-15-16-17)13-9-5-2-6-10-13;1-4-3-7-5(2)6-4;/h1-11H;3H,1-2H3;1H/q+1;;/p-1. The van der Waals surface area contributed by atoms with Gasteiger partial charge in [0.05, 0.1) is 10.2 Å². The Morgan fingerprint density at radius 2 is 1.40 bits per heavy atom. The van der Waals surface area contributed by atoms with Crippen molar-refractivity contribution in [3.05, 3.63) is 76.7 Å². The number of quaternary nitrogens is 1. The van der Waals surface area contributed by atoms with Crippen LogP contribution < -0.4 is 21.6 Å². The molecule has 0 saturated carbocycles. The first-order valence-corrected chi connectivity index (χ1v) is 8.44. The van der Waals surface area contributed by atoms with Gasteiger partial charge in [0.25, 0.3) is 0 Å². The lowest BCUT2D eigenvalue weighted by atomic mass is 10.2. The van der Waals surface area contributed by atoms with Crippen LogP contribution in [0, 0.1) is 13.8 Å². The van der Waals surface area contributed by atoms with Gasteiger partial charge in [-0.2, -0.15) is 0 Å². The first kappa shape index (κ1) is 19.1. The Labute approximate surface area is 161 Å². The fraction of sp³-hybridized carbons (Fsp3) is 0.111. The highest BCUT2D eigenvalue weighted by atomic mass is 79.9. The number of nitrogens with zero attached hydrogens (tertiary/aromatic N) is 5. The summed E-state index contributed by atoms with van der Waals surface area (Å²) in [5, 5.41) is 15.1.